The van der Waals surface area contributed by atoms with Gasteiger partial charge in [-0.25, -0.2) is 4.39 Å². The van der Waals surface area contributed by atoms with Gasteiger partial charge in [0.1, 0.15) is 5.82 Å². The van der Waals surface area contributed by atoms with Gasteiger partial charge in [0.15, 0.2) is 0 Å². The van der Waals surface area contributed by atoms with Crippen LogP contribution in [0.25, 0.3) is 10.8 Å². The number of amides is 1. The van der Waals surface area contributed by atoms with Crippen molar-refractivity contribution in [2.75, 3.05) is 5.32 Å². The van der Waals surface area contributed by atoms with E-state index in [9.17, 15) is 9.18 Å². The Labute approximate surface area is 150 Å². The van der Waals surface area contributed by atoms with E-state index >= 15 is 0 Å². The molecule has 0 saturated heterocycles. The second kappa shape index (κ2) is 7.33. The maximum absolute atomic E-state index is 13.0. The molecule has 5 nitrogen and oxygen atoms in total. The molecule has 124 valence electrons. The van der Waals surface area contributed by atoms with Crippen LogP contribution in [0.5, 0.6) is 0 Å². The van der Waals surface area contributed by atoms with E-state index in [1.807, 2.05) is 17.5 Å². The van der Waals surface area contributed by atoms with E-state index < -0.39 is 11.1 Å². The molecule has 0 bridgehead atoms. The number of rotatable bonds is 5. The van der Waals surface area contributed by atoms with Crippen molar-refractivity contribution in [2.45, 2.75) is 17.4 Å². The summed E-state index contributed by atoms with van der Waals surface area (Å²) in [5.41, 5.74) is 0.348. The third kappa shape index (κ3) is 3.95. The van der Waals surface area contributed by atoms with Gasteiger partial charge in [0.2, 0.25) is 5.91 Å². The summed E-state index contributed by atoms with van der Waals surface area (Å²) in [6, 6.07) is 7.54. The summed E-state index contributed by atoms with van der Waals surface area (Å²) in [6.07, 6.45) is 0. The molecule has 9 heteroatoms. The van der Waals surface area contributed by atoms with Crippen molar-refractivity contribution in [3.8, 4) is 10.8 Å². The molecule has 0 aliphatic carbocycles. The first kappa shape index (κ1) is 16.9. The van der Waals surface area contributed by atoms with Gasteiger partial charge in [-0.1, -0.05) is 29.4 Å². The zero-order valence-electron chi connectivity index (χ0n) is 12.3. The molecule has 2 aromatic heterocycles. The Morgan fingerprint density at radius 3 is 2.96 bits per heavy atom. The van der Waals surface area contributed by atoms with Gasteiger partial charge in [0.25, 0.3) is 11.1 Å². The highest BCUT2D eigenvalue weighted by atomic mass is 35.5. The molecule has 3 rings (SSSR count). The van der Waals surface area contributed by atoms with Crippen molar-refractivity contribution in [2.24, 2.45) is 0 Å². The lowest BCUT2D eigenvalue weighted by Crippen LogP contribution is -2.22. The average molecular weight is 384 g/mol. The lowest BCUT2D eigenvalue weighted by atomic mass is 10.3. The van der Waals surface area contributed by atoms with Crippen LogP contribution in [0.3, 0.4) is 0 Å². The highest BCUT2D eigenvalue weighted by Gasteiger charge is 2.20. The molecule has 0 fully saturated rings. The first-order valence-corrected chi connectivity index (χ1v) is 8.96. The fourth-order valence-electron chi connectivity index (χ4n) is 1.79. The lowest BCUT2D eigenvalue weighted by molar-refractivity contribution is -0.115. The molecule has 0 unspecified atom stereocenters. The van der Waals surface area contributed by atoms with Crippen LogP contribution in [0, 0.1) is 5.82 Å². The summed E-state index contributed by atoms with van der Waals surface area (Å²) in [5, 5.41) is 12.4. The van der Waals surface area contributed by atoms with Crippen molar-refractivity contribution >= 4 is 46.3 Å². The maximum Gasteiger partial charge on any atom is 0.277 e. The fourth-order valence-corrected chi connectivity index (χ4v) is 3.33. The molecule has 1 amide bonds. The summed E-state index contributed by atoms with van der Waals surface area (Å²) < 4.78 is 18.6. The summed E-state index contributed by atoms with van der Waals surface area (Å²) in [5.74, 6) is -0.349. The third-order valence-corrected chi connectivity index (χ3v) is 5.08. The molecule has 0 aliphatic rings. The lowest BCUT2D eigenvalue weighted by Gasteiger charge is -2.11. The normalized spacial score (nSPS) is 12.1. The van der Waals surface area contributed by atoms with Crippen LogP contribution in [-0.2, 0) is 4.79 Å². The molecule has 0 radical (unpaired) electrons. The van der Waals surface area contributed by atoms with E-state index in [0.717, 1.165) is 22.7 Å². The predicted octanol–water partition coefficient (Wildman–Crippen LogP) is 4.71. The SMILES string of the molecule is C[C@H](Sc1nnc(-c2cccs2)o1)C(=O)Nc1ccc(F)cc1Cl. The Morgan fingerprint density at radius 2 is 2.25 bits per heavy atom. The van der Waals surface area contributed by atoms with E-state index in [2.05, 4.69) is 15.5 Å². The van der Waals surface area contributed by atoms with Gasteiger partial charge in [-0.15, -0.1) is 21.5 Å². The Bertz CT molecular complexity index is 854. The second-order valence-corrected chi connectivity index (χ2v) is 7.37. The van der Waals surface area contributed by atoms with Crippen molar-refractivity contribution in [1.29, 1.82) is 0 Å². The summed E-state index contributed by atoms with van der Waals surface area (Å²) >= 11 is 8.52. The van der Waals surface area contributed by atoms with Crippen LogP contribution in [0.15, 0.2) is 45.4 Å². The minimum absolute atomic E-state index is 0.137. The highest BCUT2D eigenvalue weighted by Crippen LogP contribution is 2.29. The van der Waals surface area contributed by atoms with Gasteiger partial charge in [0.05, 0.1) is 20.8 Å². The number of nitrogens with one attached hydrogen (secondary N) is 1. The fraction of sp³-hybridized carbons (Fsp3) is 0.133. The number of anilines is 1. The van der Waals surface area contributed by atoms with Gasteiger partial charge in [0, 0.05) is 0 Å². The number of halogens is 2. The van der Waals surface area contributed by atoms with E-state index in [1.54, 1.807) is 6.92 Å². The number of thioether (sulfide) groups is 1. The molecule has 2 heterocycles. The number of nitrogens with zero attached hydrogens (tertiary/aromatic N) is 2. The van der Waals surface area contributed by atoms with Gasteiger partial charge in [-0.2, -0.15) is 0 Å². The molecule has 1 atom stereocenters. The Kier molecular flexibility index (Phi) is 5.17. The van der Waals surface area contributed by atoms with E-state index in [1.165, 1.54) is 23.5 Å². The van der Waals surface area contributed by atoms with Crippen LogP contribution < -0.4 is 5.32 Å². The Balaban J connectivity index is 1.64. The smallest absolute Gasteiger partial charge is 0.277 e. The van der Waals surface area contributed by atoms with E-state index in [0.29, 0.717) is 16.8 Å². The molecular formula is C15H11ClFN3O2S2. The summed E-state index contributed by atoms with van der Waals surface area (Å²) in [6.45, 7) is 1.70. The van der Waals surface area contributed by atoms with Crippen LogP contribution in [0.1, 0.15) is 6.92 Å². The monoisotopic (exact) mass is 383 g/mol. The van der Waals surface area contributed by atoms with Gasteiger partial charge in [-0.3, -0.25) is 4.79 Å². The van der Waals surface area contributed by atoms with Crippen molar-refractivity contribution < 1.29 is 13.6 Å². The number of hydrogen-bond acceptors (Lipinski definition) is 6. The molecular weight excluding hydrogens is 373 g/mol. The summed E-state index contributed by atoms with van der Waals surface area (Å²) in [7, 11) is 0. The molecule has 24 heavy (non-hydrogen) atoms. The minimum Gasteiger partial charge on any atom is -0.410 e. The van der Waals surface area contributed by atoms with Crippen LogP contribution in [0.2, 0.25) is 5.02 Å². The molecule has 3 aromatic rings. The van der Waals surface area contributed by atoms with Crippen molar-refractivity contribution in [1.82, 2.24) is 10.2 Å². The van der Waals surface area contributed by atoms with Gasteiger partial charge < -0.3 is 9.73 Å². The molecule has 0 spiro atoms. The number of thiophene rings is 1. The van der Waals surface area contributed by atoms with Gasteiger partial charge >= 0.3 is 0 Å². The zero-order chi connectivity index (χ0) is 17.1. The third-order valence-electron chi connectivity index (χ3n) is 2.97. The second-order valence-electron chi connectivity index (χ2n) is 4.72. The van der Waals surface area contributed by atoms with E-state index in [-0.39, 0.29) is 10.9 Å². The molecule has 1 N–H and O–H groups in total. The predicted molar refractivity (Wildman–Crippen MR) is 93.0 cm³/mol. The molecule has 1 aromatic carbocycles. The number of benzene rings is 1. The number of carbonyl (C=O) groups is 1. The number of hydrogen-bond donors (Lipinski definition) is 1. The standard InChI is InChI=1S/C15H11ClFN3O2S2/c1-8(13(21)18-11-5-4-9(17)7-10(11)16)24-15-20-19-14(22-15)12-3-2-6-23-12/h2-8H,1H3,(H,18,21)/t8-/m0/s1. The maximum atomic E-state index is 13.0. The van der Waals surface area contributed by atoms with Crippen LogP contribution in [-0.4, -0.2) is 21.4 Å². The first-order chi connectivity index (χ1) is 11.5. The molecule has 0 saturated carbocycles. The minimum atomic E-state index is -0.497. The Hall–Kier alpha value is -1.90. The number of aromatic nitrogens is 2. The highest BCUT2D eigenvalue weighted by molar-refractivity contribution is 8.00. The van der Waals surface area contributed by atoms with E-state index in [4.69, 9.17) is 16.0 Å². The van der Waals surface area contributed by atoms with Gasteiger partial charge in [-0.05, 0) is 36.6 Å². The number of carbonyl (C=O) groups excluding carboxylic acids is 1. The molecule has 0 aliphatic heterocycles. The first-order valence-electron chi connectivity index (χ1n) is 6.83. The average Bonchev–Trinajstić information content (AvgIpc) is 3.20. The van der Waals surface area contributed by atoms with Crippen LogP contribution >= 0.6 is 34.7 Å². The van der Waals surface area contributed by atoms with Crippen molar-refractivity contribution in [3.63, 3.8) is 0 Å². The summed E-state index contributed by atoms with van der Waals surface area (Å²) in [4.78, 5) is 13.1. The Morgan fingerprint density at radius 1 is 1.42 bits per heavy atom. The zero-order valence-corrected chi connectivity index (χ0v) is 14.7. The largest absolute Gasteiger partial charge is 0.410 e. The van der Waals surface area contributed by atoms with Crippen LogP contribution in [0.4, 0.5) is 10.1 Å². The topological polar surface area (TPSA) is 68.0 Å². The van der Waals surface area contributed by atoms with Crippen molar-refractivity contribution in [3.05, 3.63) is 46.6 Å². The quantitative estimate of drug-likeness (QED) is 0.646.